The number of hydrogen-bond donors (Lipinski definition) is 1. The predicted molar refractivity (Wildman–Crippen MR) is 117 cm³/mol. The van der Waals surface area contributed by atoms with Crippen LogP contribution in [0.15, 0.2) is 47.4 Å². The zero-order chi connectivity index (χ0) is 21.6. The maximum absolute atomic E-state index is 12.8. The number of likely N-dealkylation sites (N-methyl/N-ethyl adjacent to an activating group) is 1. The fourth-order valence-electron chi connectivity index (χ4n) is 3.63. The summed E-state index contributed by atoms with van der Waals surface area (Å²) in [5.74, 6) is 0.872. The Bertz CT molecular complexity index is 941. The molecule has 1 aliphatic rings. The lowest BCUT2D eigenvalue weighted by Gasteiger charge is -2.34. The van der Waals surface area contributed by atoms with Crippen LogP contribution in [0.5, 0.6) is 11.5 Å². The highest BCUT2D eigenvalue weighted by atomic mass is 32.2. The third-order valence-electron chi connectivity index (χ3n) is 5.54. The summed E-state index contributed by atoms with van der Waals surface area (Å²) in [6.45, 7) is 8.54. The molecule has 3 rings (SSSR count). The van der Waals surface area contributed by atoms with Crippen LogP contribution in [0.25, 0.3) is 0 Å². The van der Waals surface area contributed by atoms with E-state index in [1.807, 2.05) is 18.2 Å². The van der Waals surface area contributed by atoms with Gasteiger partial charge in [-0.1, -0.05) is 31.2 Å². The van der Waals surface area contributed by atoms with Gasteiger partial charge in [-0.2, -0.15) is 0 Å². The van der Waals surface area contributed by atoms with Crippen molar-refractivity contribution in [2.24, 2.45) is 0 Å². The highest BCUT2D eigenvalue weighted by Gasteiger charge is 2.19. The van der Waals surface area contributed by atoms with Gasteiger partial charge in [0.05, 0.1) is 19.1 Å². The van der Waals surface area contributed by atoms with Gasteiger partial charge in [0.2, 0.25) is 10.0 Å². The Hall–Kier alpha value is -2.13. The molecule has 1 saturated heterocycles. The number of hydrogen-bond acceptors (Lipinski definition) is 6. The van der Waals surface area contributed by atoms with Crippen molar-refractivity contribution in [1.82, 2.24) is 14.5 Å². The molecule has 1 heterocycles. The van der Waals surface area contributed by atoms with Crippen molar-refractivity contribution in [1.29, 1.82) is 0 Å². The second-order valence-corrected chi connectivity index (χ2v) is 9.09. The van der Waals surface area contributed by atoms with Crippen molar-refractivity contribution >= 4 is 10.0 Å². The number of piperazine rings is 1. The number of benzene rings is 2. The number of methoxy groups -OCH3 is 2. The normalized spacial score (nSPS) is 15.8. The smallest absolute Gasteiger partial charge is 0.241 e. The van der Waals surface area contributed by atoms with Gasteiger partial charge in [-0.15, -0.1) is 0 Å². The van der Waals surface area contributed by atoms with Gasteiger partial charge >= 0.3 is 0 Å². The number of sulfonamides is 1. The van der Waals surface area contributed by atoms with Crippen molar-refractivity contribution in [3.63, 3.8) is 0 Å². The first-order valence-electron chi connectivity index (χ1n) is 10.2. The van der Waals surface area contributed by atoms with Crippen LogP contribution in [-0.2, 0) is 23.1 Å². The standard InChI is InChI=1S/C22H31N3O4S/c1-4-24-11-13-25(14-12-24)17-19-8-6-5-7-18(19)16-23-30(26,27)20-9-10-21(28-2)22(15-20)29-3/h5-10,15,23H,4,11-14,16-17H2,1-3H3. The van der Waals surface area contributed by atoms with Crippen LogP contribution in [0.4, 0.5) is 0 Å². The van der Waals surface area contributed by atoms with E-state index in [1.54, 1.807) is 6.07 Å². The SMILES string of the molecule is CCN1CCN(Cc2ccccc2CNS(=O)(=O)c2ccc(OC)c(OC)c2)CC1. The fraction of sp³-hybridized carbons (Fsp3) is 0.455. The van der Waals surface area contributed by atoms with E-state index in [4.69, 9.17) is 9.47 Å². The summed E-state index contributed by atoms with van der Waals surface area (Å²) in [4.78, 5) is 5.02. The lowest BCUT2D eigenvalue weighted by atomic mass is 10.1. The van der Waals surface area contributed by atoms with Crippen LogP contribution >= 0.6 is 0 Å². The molecule has 7 nitrogen and oxygen atoms in total. The molecule has 164 valence electrons. The maximum atomic E-state index is 12.8. The molecule has 1 aliphatic heterocycles. The van der Waals surface area contributed by atoms with Crippen LogP contribution < -0.4 is 14.2 Å². The molecule has 30 heavy (non-hydrogen) atoms. The number of nitrogens with one attached hydrogen (secondary N) is 1. The molecular weight excluding hydrogens is 402 g/mol. The van der Waals surface area contributed by atoms with Gasteiger partial charge in [-0.05, 0) is 29.8 Å². The zero-order valence-electron chi connectivity index (χ0n) is 17.9. The largest absolute Gasteiger partial charge is 0.493 e. The van der Waals surface area contributed by atoms with E-state index in [2.05, 4.69) is 27.5 Å². The molecule has 0 atom stereocenters. The van der Waals surface area contributed by atoms with Gasteiger partial charge in [0.1, 0.15) is 0 Å². The average Bonchev–Trinajstić information content (AvgIpc) is 2.78. The lowest BCUT2D eigenvalue weighted by Crippen LogP contribution is -2.45. The first-order chi connectivity index (χ1) is 14.5. The van der Waals surface area contributed by atoms with Gasteiger partial charge < -0.3 is 14.4 Å². The maximum Gasteiger partial charge on any atom is 0.241 e. The minimum atomic E-state index is -3.68. The minimum Gasteiger partial charge on any atom is -0.493 e. The molecule has 0 radical (unpaired) electrons. The molecular formula is C22H31N3O4S. The molecule has 1 N–H and O–H groups in total. The summed E-state index contributed by atoms with van der Waals surface area (Å²) in [5.41, 5.74) is 2.14. The van der Waals surface area contributed by atoms with Gasteiger partial charge in [-0.3, -0.25) is 4.90 Å². The molecule has 0 aromatic heterocycles. The monoisotopic (exact) mass is 433 g/mol. The predicted octanol–water partition coefficient (Wildman–Crippen LogP) is 2.32. The van der Waals surface area contributed by atoms with Crippen LogP contribution in [0.1, 0.15) is 18.1 Å². The van der Waals surface area contributed by atoms with E-state index in [0.717, 1.165) is 50.4 Å². The quantitative estimate of drug-likeness (QED) is 0.655. The van der Waals surface area contributed by atoms with E-state index in [9.17, 15) is 8.42 Å². The second kappa shape index (κ2) is 10.3. The molecule has 2 aromatic rings. The minimum absolute atomic E-state index is 0.147. The topological polar surface area (TPSA) is 71.1 Å². The number of ether oxygens (including phenoxy) is 2. The summed E-state index contributed by atoms with van der Waals surface area (Å²) in [5, 5.41) is 0. The van der Waals surface area contributed by atoms with E-state index < -0.39 is 10.0 Å². The van der Waals surface area contributed by atoms with E-state index >= 15 is 0 Å². The number of rotatable bonds is 9. The first-order valence-corrected chi connectivity index (χ1v) is 11.7. The Morgan fingerprint density at radius 1 is 0.900 bits per heavy atom. The summed E-state index contributed by atoms with van der Waals surface area (Å²) < 4.78 is 38.8. The highest BCUT2D eigenvalue weighted by molar-refractivity contribution is 7.89. The highest BCUT2D eigenvalue weighted by Crippen LogP contribution is 2.29. The van der Waals surface area contributed by atoms with Crippen molar-refractivity contribution in [3.8, 4) is 11.5 Å². The molecule has 0 amide bonds. The molecule has 1 fully saturated rings. The average molecular weight is 434 g/mol. The Kier molecular flexibility index (Phi) is 7.71. The van der Waals surface area contributed by atoms with Gasteiger partial charge in [0, 0.05) is 45.3 Å². The van der Waals surface area contributed by atoms with Crippen molar-refractivity contribution < 1.29 is 17.9 Å². The van der Waals surface area contributed by atoms with Crippen molar-refractivity contribution in [2.75, 3.05) is 46.9 Å². The molecule has 0 spiro atoms. The van der Waals surface area contributed by atoms with E-state index in [0.29, 0.717) is 11.5 Å². The molecule has 0 bridgehead atoms. The zero-order valence-corrected chi connectivity index (χ0v) is 18.7. The summed E-state index contributed by atoms with van der Waals surface area (Å²) in [6, 6.07) is 12.6. The summed E-state index contributed by atoms with van der Waals surface area (Å²) in [7, 11) is -0.681. The Balaban J connectivity index is 1.68. The molecule has 0 unspecified atom stereocenters. The second-order valence-electron chi connectivity index (χ2n) is 7.32. The summed E-state index contributed by atoms with van der Waals surface area (Å²) >= 11 is 0. The van der Waals surface area contributed by atoms with Crippen LogP contribution in [-0.4, -0.2) is 65.2 Å². The van der Waals surface area contributed by atoms with Crippen LogP contribution in [0.3, 0.4) is 0 Å². The number of nitrogens with zero attached hydrogens (tertiary/aromatic N) is 2. The Morgan fingerprint density at radius 3 is 2.17 bits per heavy atom. The Morgan fingerprint density at radius 2 is 1.53 bits per heavy atom. The lowest BCUT2D eigenvalue weighted by molar-refractivity contribution is 0.131. The molecule has 2 aromatic carbocycles. The Labute approximate surface area is 179 Å². The molecule has 8 heteroatoms. The molecule has 0 aliphatic carbocycles. The third-order valence-corrected chi connectivity index (χ3v) is 6.94. The van der Waals surface area contributed by atoms with Gasteiger partial charge in [-0.25, -0.2) is 13.1 Å². The van der Waals surface area contributed by atoms with Gasteiger partial charge in [0.25, 0.3) is 0 Å². The van der Waals surface area contributed by atoms with E-state index in [1.165, 1.54) is 26.4 Å². The third kappa shape index (κ3) is 5.51. The van der Waals surface area contributed by atoms with Crippen LogP contribution in [0, 0.1) is 0 Å². The fourth-order valence-corrected chi connectivity index (χ4v) is 4.65. The first kappa shape index (κ1) is 22.6. The summed E-state index contributed by atoms with van der Waals surface area (Å²) in [6.07, 6.45) is 0. The molecule has 0 saturated carbocycles. The van der Waals surface area contributed by atoms with Crippen molar-refractivity contribution in [2.45, 2.75) is 24.9 Å². The van der Waals surface area contributed by atoms with E-state index in [-0.39, 0.29) is 11.4 Å². The van der Waals surface area contributed by atoms with Gasteiger partial charge in [0.15, 0.2) is 11.5 Å². The van der Waals surface area contributed by atoms with Crippen molar-refractivity contribution in [3.05, 3.63) is 53.6 Å². The van der Waals surface area contributed by atoms with Crippen LogP contribution in [0.2, 0.25) is 0 Å².